The van der Waals surface area contributed by atoms with Gasteiger partial charge in [0.05, 0.1) is 13.2 Å². The number of hydrogen-bond donors (Lipinski definition) is 1. The highest BCUT2D eigenvalue weighted by Crippen LogP contribution is 2.43. The number of carbonyl (C=O) groups is 2. The molecule has 0 aromatic carbocycles. The molecule has 0 bridgehead atoms. The maximum atomic E-state index is 12.6. The summed E-state index contributed by atoms with van der Waals surface area (Å²) in [5, 5.41) is 0. The summed E-state index contributed by atoms with van der Waals surface area (Å²) in [6.45, 7) is 5.57. The molecule has 0 saturated heterocycles. The Bertz CT molecular complexity index is 977. The monoisotopic (exact) mass is 901 g/mol. The number of esters is 2. The van der Waals surface area contributed by atoms with Gasteiger partial charge < -0.3 is 14.4 Å². The molecule has 370 valence electrons. The lowest BCUT2D eigenvalue weighted by molar-refractivity contribution is -0.161. The molecule has 62 heavy (non-hydrogen) atoms. The minimum atomic E-state index is -4.28. The molecule has 0 spiro atoms. The molecule has 8 nitrogen and oxygen atoms in total. The van der Waals surface area contributed by atoms with E-state index in [4.69, 9.17) is 18.5 Å². The highest BCUT2D eigenvalue weighted by atomic mass is 31.2. The molecule has 0 heterocycles. The fourth-order valence-electron chi connectivity index (χ4n) is 8.40. The van der Waals surface area contributed by atoms with E-state index in [-0.39, 0.29) is 32.2 Å². The zero-order valence-electron chi connectivity index (χ0n) is 41.6. The second-order valence-electron chi connectivity index (χ2n) is 18.6. The molecule has 0 aliphatic rings. The minimum Gasteiger partial charge on any atom is -0.462 e. The molecule has 1 N–H and O–H groups in total. The van der Waals surface area contributed by atoms with Crippen LogP contribution in [0.15, 0.2) is 0 Å². The number of carbonyl (C=O) groups excluding carboxylic acids is 2. The molecular weight excluding hydrogens is 796 g/mol. The van der Waals surface area contributed by atoms with Crippen molar-refractivity contribution in [3.63, 3.8) is 0 Å². The molecule has 0 radical (unpaired) electrons. The van der Waals surface area contributed by atoms with Crippen LogP contribution in [-0.4, -0.2) is 42.8 Å². The zero-order valence-corrected chi connectivity index (χ0v) is 42.5. The van der Waals surface area contributed by atoms with Crippen molar-refractivity contribution >= 4 is 19.8 Å². The Hall–Kier alpha value is -0.950. The molecule has 0 saturated carbocycles. The van der Waals surface area contributed by atoms with Crippen LogP contribution >= 0.6 is 7.82 Å². The molecule has 0 aliphatic heterocycles. The first-order valence-corrected chi connectivity index (χ1v) is 28.8. The summed E-state index contributed by atoms with van der Waals surface area (Å²) in [5.74, 6) is -0.772. The van der Waals surface area contributed by atoms with E-state index in [0.717, 1.165) is 38.5 Å². The van der Waals surface area contributed by atoms with Crippen molar-refractivity contribution in [2.45, 2.75) is 309 Å². The van der Waals surface area contributed by atoms with Crippen LogP contribution in [0, 0.1) is 0 Å². The van der Waals surface area contributed by atoms with Crippen molar-refractivity contribution in [3.8, 4) is 0 Å². The molecule has 0 fully saturated rings. The quantitative estimate of drug-likeness (QED) is 0.0365. The van der Waals surface area contributed by atoms with Gasteiger partial charge in [0, 0.05) is 12.8 Å². The average Bonchev–Trinajstić information content (AvgIpc) is 3.25. The third-order valence-electron chi connectivity index (χ3n) is 12.4. The second kappa shape index (κ2) is 49.5. The highest BCUT2D eigenvalue weighted by molar-refractivity contribution is 7.47. The summed E-state index contributed by atoms with van der Waals surface area (Å²) < 4.78 is 32.9. The van der Waals surface area contributed by atoms with Crippen LogP contribution in [0.25, 0.3) is 0 Å². The van der Waals surface area contributed by atoms with Gasteiger partial charge >= 0.3 is 19.8 Å². The number of phosphoric ester groups is 1. The summed E-state index contributed by atoms with van der Waals surface area (Å²) in [6.07, 6.45) is 54.6. The van der Waals surface area contributed by atoms with Crippen molar-refractivity contribution in [2.75, 3.05) is 19.8 Å². The number of unbranched alkanes of at least 4 members (excludes halogenated alkanes) is 40. The van der Waals surface area contributed by atoms with E-state index in [1.165, 1.54) is 231 Å². The minimum absolute atomic E-state index is 0.00615. The molecule has 0 amide bonds. The molecule has 0 aromatic rings. The number of ether oxygens (including phenoxy) is 2. The SMILES string of the molecule is CCCCCCCCCCCCCCCCCCCCCCCC(=O)OCC(COP(=O)(O)OCC)OC(=O)CCCCCCCCCCCCCCCCCCCCCCC. The molecule has 0 rings (SSSR count). The van der Waals surface area contributed by atoms with E-state index >= 15 is 0 Å². The lowest BCUT2D eigenvalue weighted by Gasteiger charge is -2.19. The molecule has 2 atom stereocenters. The summed E-state index contributed by atoms with van der Waals surface area (Å²) in [6, 6.07) is 0. The lowest BCUT2D eigenvalue weighted by Crippen LogP contribution is -2.29. The Morgan fingerprint density at radius 2 is 0.629 bits per heavy atom. The van der Waals surface area contributed by atoms with Gasteiger partial charge in [-0.3, -0.25) is 18.6 Å². The Labute approximate surface area is 385 Å². The van der Waals surface area contributed by atoms with Gasteiger partial charge in [0.25, 0.3) is 0 Å². The summed E-state index contributed by atoms with van der Waals surface area (Å²) in [5.41, 5.74) is 0. The first kappa shape index (κ1) is 61.0. The summed E-state index contributed by atoms with van der Waals surface area (Å²) >= 11 is 0. The standard InChI is InChI=1S/C53H105O8P/c1-4-7-9-11-13-15-17-19-21-23-25-27-29-31-33-35-37-39-41-43-45-47-52(54)58-49-51(50-60-62(56,57)59-6-3)61-53(55)48-46-44-42-40-38-36-34-32-30-28-26-24-22-20-18-16-14-12-10-8-5-2/h51H,4-50H2,1-3H3,(H,56,57). The van der Waals surface area contributed by atoms with Crippen LogP contribution in [0.5, 0.6) is 0 Å². The van der Waals surface area contributed by atoms with E-state index in [1.807, 2.05) is 0 Å². The maximum absolute atomic E-state index is 12.6. The Balaban J connectivity index is 3.88. The van der Waals surface area contributed by atoms with Crippen LogP contribution in [0.4, 0.5) is 0 Å². The molecule has 2 unspecified atom stereocenters. The zero-order chi connectivity index (χ0) is 45.3. The number of hydrogen-bond acceptors (Lipinski definition) is 7. The third kappa shape index (κ3) is 48.5. The number of phosphoric acid groups is 1. The van der Waals surface area contributed by atoms with Crippen molar-refractivity contribution in [3.05, 3.63) is 0 Å². The first-order valence-electron chi connectivity index (χ1n) is 27.3. The van der Waals surface area contributed by atoms with Gasteiger partial charge in [0.2, 0.25) is 0 Å². The maximum Gasteiger partial charge on any atom is 0.472 e. The fraction of sp³-hybridized carbons (Fsp3) is 0.962. The average molecular weight is 901 g/mol. The van der Waals surface area contributed by atoms with Gasteiger partial charge in [-0.1, -0.05) is 271 Å². The van der Waals surface area contributed by atoms with Crippen LogP contribution in [0.2, 0.25) is 0 Å². The Morgan fingerprint density at radius 1 is 0.371 bits per heavy atom. The van der Waals surface area contributed by atoms with Crippen molar-refractivity contribution in [1.82, 2.24) is 0 Å². The lowest BCUT2D eigenvalue weighted by atomic mass is 10.0. The van der Waals surface area contributed by atoms with E-state index in [2.05, 4.69) is 13.8 Å². The van der Waals surface area contributed by atoms with Crippen LogP contribution in [-0.2, 0) is 32.7 Å². The Kier molecular flexibility index (Phi) is 48.7. The van der Waals surface area contributed by atoms with Crippen LogP contribution in [0.1, 0.15) is 303 Å². The molecule has 0 aromatic heterocycles. The van der Waals surface area contributed by atoms with Crippen LogP contribution < -0.4 is 0 Å². The molecule has 0 aliphatic carbocycles. The normalized spacial score (nSPS) is 13.0. The fourth-order valence-corrected chi connectivity index (χ4v) is 9.15. The van der Waals surface area contributed by atoms with Gasteiger partial charge in [0.15, 0.2) is 6.10 Å². The third-order valence-corrected chi connectivity index (χ3v) is 13.5. The van der Waals surface area contributed by atoms with Gasteiger partial charge in [0.1, 0.15) is 6.61 Å². The molecule has 9 heteroatoms. The molecular formula is C53H105O8P. The van der Waals surface area contributed by atoms with Crippen molar-refractivity contribution < 1.29 is 37.6 Å². The van der Waals surface area contributed by atoms with Crippen molar-refractivity contribution in [1.29, 1.82) is 0 Å². The van der Waals surface area contributed by atoms with E-state index < -0.39 is 19.9 Å². The summed E-state index contributed by atoms with van der Waals surface area (Å²) in [7, 11) is -4.28. The first-order chi connectivity index (χ1) is 30.3. The highest BCUT2D eigenvalue weighted by Gasteiger charge is 2.25. The van der Waals surface area contributed by atoms with E-state index in [0.29, 0.717) is 6.42 Å². The number of rotatable bonds is 52. The van der Waals surface area contributed by atoms with Gasteiger partial charge in [-0.25, -0.2) is 4.57 Å². The van der Waals surface area contributed by atoms with Crippen molar-refractivity contribution in [2.24, 2.45) is 0 Å². The smallest absolute Gasteiger partial charge is 0.462 e. The van der Waals surface area contributed by atoms with E-state index in [1.54, 1.807) is 6.92 Å². The predicted molar refractivity (Wildman–Crippen MR) is 263 cm³/mol. The summed E-state index contributed by atoms with van der Waals surface area (Å²) in [4.78, 5) is 35.0. The largest absolute Gasteiger partial charge is 0.472 e. The topological polar surface area (TPSA) is 108 Å². The van der Waals surface area contributed by atoms with Gasteiger partial charge in [-0.2, -0.15) is 0 Å². The van der Waals surface area contributed by atoms with Crippen LogP contribution in [0.3, 0.4) is 0 Å². The Morgan fingerprint density at radius 3 is 0.903 bits per heavy atom. The predicted octanol–water partition coefficient (Wildman–Crippen LogP) is 17.8. The van der Waals surface area contributed by atoms with E-state index in [9.17, 15) is 19.0 Å². The van der Waals surface area contributed by atoms with Gasteiger partial charge in [-0.15, -0.1) is 0 Å². The van der Waals surface area contributed by atoms with Gasteiger partial charge in [-0.05, 0) is 19.8 Å². The second-order valence-corrected chi connectivity index (χ2v) is 20.1.